The molecule has 0 bridgehead atoms. The summed E-state index contributed by atoms with van der Waals surface area (Å²) in [6, 6.07) is 0. The summed E-state index contributed by atoms with van der Waals surface area (Å²) in [5.74, 6) is -2.78. The molecule has 20 atom stereocenters. The fourth-order valence-electron chi connectivity index (χ4n) is 13.5. The van der Waals surface area contributed by atoms with Crippen molar-refractivity contribution in [3.63, 3.8) is 0 Å². The number of carbonyl (C=O) groups is 2. The van der Waals surface area contributed by atoms with E-state index in [0.29, 0.717) is 51.4 Å². The molecule has 16 nitrogen and oxygen atoms in total. The van der Waals surface area contributed by atoms with Gasteiger partial charge in [0.15, 0.2) is 12.4 Å². The zero-order chi connectivity index (χ0) is 42.7. The van der Waals surface area contributed by atoms with Gasteiger partial charge in [0, 0.05) is 11.3 Å². The molecule has 0 aromatic rings. The molecule has 2 saturated heterocycles. The average Bonchev–Trinajstić information content (AvgIpc) is 3.17. The van der Waals surface area contributed by atoms with Gasteiger partial charge in [-0.25, -0.2) is 4.79 Å². The lowest BCUT2D eigenvalue weighted by Crippen LogP contribution is -2.68. The van der Waals surface area contributed by atoms with Crippen LogP contribution in [0.25, 0.3) is 0 Å². The third-order valence-electron chi connectivity index (χ3n) is 17.5. The van der Waals surface area contributed by atoms with Crippen LogP contribution >= 0.6 is 0 Å². The van der Waals surface area contributed by atoms with Gasteiger partial charge in [0.25, 0.3) is 0 Å². The summed E-state index contributed by atoms with van der Waals surface area (Å²) < 4.78 is 23.3. The lowest BCUT2D eigenvalue weighted by molar-refractivity contribution is -0.327. The number of rotatable bonds is 7. The van der Waals surface area contributed by atoms with E-state index in [0.717, 1.165) is 12.0 Å². The third kappa shape index (κ3) is 6.21. The molecule has 2 heterocycles. The maximum atomic E-state index is 14.6. The van der Waals surface area contributed by atoms with Gasteiger partial charge in [-0.15, -0.1) is 0 Å². The van der Waals surface area contributed by atoms with Gasteiger partial charge in [-0.2, -0.15) is 0 Å². The second-order valence-electron chi connectivity index (χ2n) is 20.5. The number of hydrogen-bond acceptors (Lipinski definition) is 15. The van der Waals surface area contributed by atoms with Gasteiger partial charge in [0.1, 0.15) is 42.7 Å². The van der Waals surface area contributed by atoms with Gasteiger partial charge in [-0.3, -0.25) is 4.79 Å². The molecule has 58 heavy (non-hydrogen) atoms. The van der Waals surface area contributed by atoms with E-state index >= 15 is 0 Å². The Kier molecular flexibility index (Phi) is 11.4. The summed E-state index contributed by atoms with van der Waals surface area (Å²) in [4.78, 5) is 26.4. The fourth-order valence-corrected chi connectivity index (χ4v) is 13.5. The number of carboxylic acid groups (broad SMARTS) is 1. The van der Waals surface area contributed by atoms with E-state index in [1.54, 1.807) is 0 Å². The Morgan fingerprint density at radius 3 is 2.02 bits per heavy atom. The number of aliphatic hydroxyl groups excluding tert-OH is 9. The second kappa shape index (κ2) is 14.9. The summed E-state index contributed by atoms with van der Waals surface area (Å²) in [6.45, 7) is 11.8. The molecule has 2 unspecified atom stereocenters. The molecular weight excluding hydrogens is 760 g/mol. The first kappa shape index (κ1) is 44.3. The number of aliphatic hydroxyl groups is 9. The highest BCUT2D eigenvalue weighted by atomic mass is 16.7. The molecule has 0 spiro atoms. The molecule has 5 aliphatic carbocycles. The predicted octanol–water partition coefficient (Wildman–Crippen LogP) is 0.352. The smallest absolute Gasteiger partial charge is 0.335 e. The minimum absolute atomic E-state index is 0.0812. The number of fused-ring (bicyclic) bond motifs is 7. The topological polar surface area (TPSA) is 273 Å². The normalized spacial score (nSPS) is 53.8. The van der Waals surface area contributed by atoms with Crippen LogP contribution in [0.2, 0.25) is 0 Å². The number of ether oxygens (including phenoxy) is 4. The Morgan fingerprint density at radius 1 is 0.741 bits per heavy atom. The van der Waals surface area contributed by atoms with Gasteiger partial charge < -0.3 is 70.0 Å². The molecule has 2 aliphatic heterocycles. The van der Waals surface area contributed by atoms with Crippen LogP contribution in [0.1, 0.15) is 99.3 Å². The Hall–Kier alpha value is -1.80. The van der Waals surface area contributed by atoms with E-state index in [1.807, 2.05) is 20.8 Å². The number of carboxylic acids is 1. The van der Waals surface area contributed by atoms with Gasteiger partial charge in [0.2, 0.25) is 6.29 Å². The minimum Gasteiger partial charge on any atom is -0.479 e. The maximum Gasteiger partial charge on any atom is 0.335 e. The van der Waals surface area contributed by atoms with Crippen molar-refractivity contribution < 1.29 is 79.6 Å². The molecule has 0 amide bonds. The lowest BCUT2D eigenvalue weighted by atomic mass is 9.33. The van der Waals surface area contributed by atoms with Gasteiger partial charge in [-0.1, -0.05) is 53.2 Å². The van der Waals surface area contributed by atoms with E-state index in [2.05, 4.69) is 26.8 Å². The molecule has 330 valence electrons. The summed E-state index contributed by atoms with van der Waals surface area (Å²) in [5, 5.41) is 106. The number of allylic oxidation sites excluding steroid dienone is 1. The second-order valence-corrected chi connectivity index (χ2v) is 20.5. The van der Waals surface area contributed by atoms with Crippen molar-refractivity contribution in [3.8, 4) is 0 Å². The van der Waals surface area contributed by atoms with Crippen molar-refractivity contribution in [3.05, 3.63) is 11.6 Å². The number of esters is 1. The minimum atomic E-state index is -1.85. The number of carbonyl (C=O) groups excluding carboxylic acids is 1. The van der Waals surface area contributed by atoms with Crippen molar-refractivity contribution in [2.24, 2.45) is 50.2 Å². The standard InChI is InChI=1S/C42H66O16/c1-37(2)13-15-42(36(54)58-34-29(49)26(46)25(45)20(17-43)55-34)16-14-40(5)19(24(42)32(37)51)7-8-22-38(3)11-10-23(39(4,18-44)21(38)9-12-41(22,40)6)56-35-30(50)27(47)28(48)31(57-35)33(52)53/h7,20-32,34-35,43-51H,8-18H2,1-6H3,(H,52,53)/t20-,21?,22-,23+,24?,25-,26+,27+,28+,29-,30-,31+,32+,34+,35-,38+,39+,40-,41-,42+/m1/s1. The SMILES string of the molecule is CC1(C)CC[C@]2(C(=O)O[C@@H]3O[C@H](CO)[C@@H](O)[C@H](O)[C@H]3O)CC[C@]3(C)C(=CC[C@@H]4[C@@]5(C)CC[C@H](O[C@@H]6O[C@H](C(=O)O)[C@@H](O)[C@H](O)[C@H]6O)[C@@](C)(CO)C5CC[C@]43C)C2[C@@H]1O. The van der Waals surface area contributed by atoms with Gasteiger partial charge in [0.05, 0.1) is 30.8 Å². The van der Waals surface area contributed by atoms with Gasteiger partial charge >= 0.3 is 11.9 Å². The molecule has 7 aliphatic rings. The lowest BCUT2D eigenvalue weighted by Gasteiger charge is -2.71. The Bertz CT molecular complexity index is 1620. The van der Waals surface area contributed by atoms with Crippen LogP contribution in [-0.2, 0) is 28.5 Å². The first-order chi connectivity index (χ1) is 27.0. The van der Waals surface area contributed by atoms with E-state index in [-0.39, 0.29) is 29.3 Å². The first-order valence-corrected chi connectivity index (χ1v) is 21.1. The number of aliphatic carboxylic acids is 1. The summed E-state index contributed by atoms with van der Waals surface area (Å²) >= 11 is 0. The maximum absolute atomic E-state index is 14.6. The predicted molar refractivity (Wildman–Crippen MR) is 201 cm³/mol. The van der Waals surface area contributed by atoms with Crippen LogP contribution in [0.5, 0.6) is 0 Å². The van der Waals surface area contributed by atoms with Crippen molar-refractivity contribution in [2.45, 2.75) is 173 Å². The highest BCUT2D eigenvalue weighted by molar-refractivity contribution is 5.79. The molecule has 0 aromatic heterocycles. The van der Waals surface area contributed by atoms with Crippen LogP contribution < -0.4 is 0 Å². The Labute approximate surface area is 339 Å². The molecule has 0 radical (unpaired) electrons. The number of hydrogen-bond donors (Lipinski definition) is 10. The van der Waals surface area contributed by atoms with Crippen molar-refractivity contribution >= 4 is 11.9 Å². The molecule has 7 rings (SSSR count). The van der Waals surface area contributed by atoms with Crippen molar-refractivity contribution in [1.82, 2.24) is 0 Å². The molecule has 16 heteroatoms. The van der Waals surface area contributed by atoms with E-state index in [9.17, 15) is 60.7 Å². The first-order valence-electron chi connectivity index (χ1n) is 21.1. The van der Waals surface area contributed by atoms with Crippen LogP contribution in [0.15, 0.2) is 11.6 Å². The largest absolute Gasteiger partial charge is 0.479 e. The van der Waals surface area contributed by atoms with Crippen molar-refractivity contribution in [2.75, 3.05) is 13.2 Å². The van der Waals surface area contributed by atoms with E-state index < -0.39 is 120 Å². The monoisotopic (exact) mass is 826 g/mol. The van der Waals surface area contributed by atoms with Crippen molar-refractivity contribution in [1.29, 1.82) is 0 Å². The highest BCUT2D eigenvalue weighted by Gasteiger charge is 2.71. The van der Waals surface area contributed by atoms with Crippen LogP contribution in [0.3, 0.4) is 0 Å². The fraction of sp³-hybridized carbons (Fsp3) is 0.905. The summed E-state index contributed by atoms with van der Waals surface area (Å²) in [6.07, 6.45) is -11.0. The third-order valence-corrected chi connectivity index (χ3v) is 17.5. The van der Waals surface area contributed by atoms with Crippen LogP contribution in [0, 0.1) is 50.2 Å². The zero-order valence-corrected chi connectivity index (χ0v) is 34.4. The molecule has 10 N–H and O–H groups in total. The average molecular weight is 827 g/mol. The molecule has 0 aromatic carbocycles. The highest BCUT2D eigenvalue weighted by Crippen LogP contribution is 2.76. The molecule has 6 fully saturated rings. The Balaban J connectivity index is 1.19. The van der Waals surface area contributed by atoms with E-state index in [1.165, 1.54) is 0 Å². The quantitative estimate of drug-likeness (QED) is 0.0943. The summed E-state index contributed by atoms with van der Waals surface area (Å²) in [5.41, 5.74) is -2.70. The van der Waals surface area contributed by atoms with Crippen LogP contribution in [0.4, 0.5) is 0 Å². The van der Waals surface area contributed by atoms with Gasteiger partial charge in [-0.05, 0) is 91.3 Å². The molecule has 4 saturated carbocycles. The summed E-state index contributed by atoms with van der Waals surface area (Å²) in [7, 11) is 0. The zero-order valence-electron chi connectivity index (χ0n) is 34.4. The van der Waals surface area contributed by atoms with Crippen LogP contribution in [-0.4, -0.2) is 150 Å². The van der Waals surface area contributed by atoms with E-state index in [4.69, 9.17) is 18.9 Å². The molecular formula is C42H66O16. The Morgan fingerprint density at radius 2 is 1.38 bits per heavy atom.